The zero-order chi connectivity index (χ0) is 12.1. The second-order valence-corrected chi connectivity index (χ2v) is 4.61. The van der Waals surface area contributed by atoms with Crippen LogP contribution in [0.1, 0.15) is 23.6 Å². The van der Waals surface area contributed by atoms with E-state index in [4.69, 9.17) is 0 Å². The van der Waals surface area contributed by atoms with E-state index in [1.807, 2.05) is 7.05 Å². The largest absolute Gasteiger partial charge is 0.299 e. The third-order valence-corrected chi connectivity index (χ3v) is 2.85. The van der Waals surface area contributed by atoms with Gasteiger partial charge >= 0.3 is 0 Å². The Morgan fingerprint density at radius 1 is 1.25 bits per heavy atom. The minimum atomic E-state index is 0.225. The molecule has 1 aromatic carbocycles. The molecule has 0 atom stereocenters. The second kappa shape index (κ2) is 5.80. The molecule has 0 fully saturated rings. The van der Waals surface area contributed by atoms with E-state index in [0.717, 1.165) is 13.0 Å². The molecule has 0 aliphatic heterocycles. The maximum absolute atomic E-state index is 10.9. The number of hydrogen-bond donors (Lipinski definition) is 0. The fourth-order valence-electron chi connectivity index (χ4n) is 1.74. The number of aryl methyl sites for hydroxylation is 2. The van der Waals surface area contributed by atoms with Crippen LogP contribution >= 0.6 is 0 Å². The van der Waals surface area contributed by atoms with E-state index >= 15 is 0 Å². The SMILES string of the molecule is CC(=O)CN(C)CCc1ccc(C)c(C)c1. The summed E-state index contributed by atoms with van der Waals surface area (Å²) in [6, 6.07) is 6.57. The van der Waals surface area contributed by atoms with E-state index < -0.39 is 0 Å². The van der Waals surface area contributed by atoms with Gasteiger partial charge in [0.1, 0.15) is 5.78 Å². The van der Waals surface area contributed by atoms with Crippen LogP contribution in [0.2, 0.25) is 0 Å². The van der Waals surface area contributed by atoms with Crippen molar-refractivity contribution >= 4 is 5.78 Å². The molecule has 0 saturated heterocycles. The maximum atomic E-state index is 10.9. The topological polar surface area (TPSA) is 20.3 Å². The van der Waals surface area contributed by atoms with Crippen molar-refractivity contribution in [1.29, 1.82) is 0 Å². The first-order chi connectivity index (χ1) is 7.49. The number of carbonyl (C=O) groups excluding carboxylic acids is 1. The van der Waals surface area contributed by atoms with Crippen molar-refractivity contribution in [2.24, 2.45) is 0 Å². The fraction of sp³-hybridized carbons (Fsp3) is 0.500. The van der Waals surface area contributed by atoms with Gasteiger partial charge < -0.3 is 0 Å². The molecule has 2 heteroatoms. The molecule has 88 valence electrons. The molecule has 16 heavy (non-hydrogen) atoms. The van der Waals surface area contributed by atoms with E-state index in [1.54, 1.807) is 6.92 Å². The lowest BCUT2D eigenvalue weighted by atomic mass is 10.0. The van der Waals surface area contributed by atoms with E-state index in [0.29, 0.717) is 6.54 Å². The summed E-state index contributed by atoms with van der Waals surface area (Å²) < 4.78 is 0. The van der Waals surface area contributed by atoms with Gasteiger partial charge in [-0.05, 0) is 50.9 Å². The van der Waals surface area contributed by atoms with Gasteiger partial charge in [0.15, 0.2) is 0 Å². The predicted molar refractivity (Wildman–Crippen MR) is 67.8 cm³/mol. The average molecular weight is 219 g/mol. The van der Waals surface area contributed by atoms with Crippen LogP contribution in [0.3, 0.4) is 0 Å². The third kappa shape index (κ3) is 4.15. The molecule has 0 heterocycles. The molecule has 0 N–H and O–H groups in total. The number of nitrogens with zero attached hydrogens (tertiary/aromatic N) is 1. The molecule has 0 amide bonds. The van der Waals surface area contributed by atoms with E-state index in [9.17, 15) is 4.79 Å². The summed E-state index contributed by atoms with van der Waals surface area (Å²) in [5.74, 6) is 0.225. The summed E-state index contributed by atoms with van der Waals surface area (Å²) in [5.41, 5.74) is 4.02. The molecule has 1 aromatic rings. The van der Waals surface area contributed by atoms with Gasteiger partial charge in [0.05, 0.1) is 6.54 Å². The average Bonchev–Trinajstić information content (AvgIpc) is 2.19. The highest BCUT2D eigenvalue weighted by Gasteiger charge is 2.02. The van der Waals surface area contributed by atoms with Gasteiger partial charge in [-0.25, -0.2) is 0 Å². The standard InChI is InChI=1S/C14H21NO/c1-11-5-6-14(9-12(11)2)7-8-15(4)10-13(3)16/h5-6,9H,7-8,10H2,1-4H3. The van der Waals surface area contributed by atoms with Crippen molar-refractivity contribution < 1.29 is 4.79 Å². The van der Waals surface area contributed by atoms with Crippen molar-refractivity contribution in [3.05, 3.63) is 34.9 Å². The van der Waals surface area contributed by atoms with Crippen LogP contribution in [0.25, 0.3) is 0 Å². The zero-order valence-corrected chi connectivity index (χ0v) is 10.7. The van der Waals surface area contributed by atoms with Gasteiger partial charge in [0, 0.05) is 6.54 Å². The molecular weight excluding hydrogens is 198 g/mol. The highest BCUT2D eigenvalue weighted by Crippen LogP contribution is 2.10. The Kier molecular flexibility index (Phi) is 4.69. The molecule has 0 aliphatic carbocycles. The van der Waals surface area contributed by atoms with Crippen LogP contribution in [0, 0.1) is 13.8 Å². The lowest BCUT2D eigenvalue weighted by Crippen LogP contribution is -2.26. The van der Waals surface area contributed by atoms with Gasteiger partial charge in [0.25, 0.3) is 0 Å². The summed E-state index contributed by atoms with van der Waals surface area (Å²) in [5, 5.41) is 0. The van der Waals surface area contributed by atoms with Gasteiger partial charge in [-0.3, -0.25) is 9.69 Å². The van der Waals surface area contributed by atoms with Gasteiger partial charge in [-0.1, -0.05) is 18.2 Å². The number of ketones is 1. The highest BCUT2D eigenvalue weighted by molar-refractivity contribution is 5.77. The fourth-order valence-corrected chi connectivity index (χ4v) is 1.74. The molecule has 0 bridgehead atoms. The molecule has 0 unspecified atom stereocenters. The summed E-state index contributed by atoms with van der Waals surface area (Å²) in [4.78, 5) is 13.0. The number of likely N-dealkylation sites (N-methyl/N-ethyl adjacent to an activating group) is 1. The van der Waals surface area contributed by atoms with Crippen LogP contribution in [0.15, 0.2) is 18.2 Å². The van der Waals surface area contributed by atoms with Crippen LogP contribution in [0.5, 0.6) is 0 Å². The Balaban J connectivity index is 2.48. The van der Waals surface area contributed by atoms with Crippen molar-refractivity contribution in [3.8, 4) is 0 Å². The third-order valence-electron chi connectivity index (χ3n) is 2.85. The maximum Gasteiger partial charge on any atom is 0.143 e. The van der Waals surface area contributed by atoms with Crippen molar-refractivity contribution in [2.45, 2.75) is 27.2 Å². The lowest BCUT2D eigenvalue weighted by Gasteiger charge is -2.14. The quantitative estimate of drug-likeness (QED) is 0.757. The number of hydrogen-bond acceptors (Lipinski definition) is 2. The highest BCUT2D eigenvalue weighted by atomic mass is 16.1. The Morgan fingerprint density at radius 3 is 2.50 bits per heavy atom. The number of carbonyl (C=O) groups is 1. The minimum absolute atomic E-state index is 0.225. The van der Waals surface area contributed by atoms with Crippen LogP contribution in [-0.4, -0.2) is 30.8 Å². The van der Waals surface area contributed by atoms with Gasteiger partial charge in [-0.15, -0.1) is 0 Å². The molecule has 0 saturated carbocycles. The number of benzene rings is 1. The van der Waals surface area contributed by atoms with Crippen molar-refractivity contribution in [1.82, 2.24) is 4.90 Å². The number of rotatable bonds is 5. The Labute approximate surface area is 98.3 Å². The summed E-state index contributed by atoms with van der Waals surface area (Å²) in [7, 11) is 1.99. The first-order valence-corrected chi connectivity index (χ1v) is 5.73. The van der Waals surface area contributed by atoms with Crippen LogP contribution in [-0.2, 0) is 11.2 Å². The smallest absolute Gasteiger partial charge is 0.143 e. The molecule has 1 rings (SSSR count). The van der Waals surface area contributed by atoms with Crippen molar-refractivity contribution in [2.75, 3.05) is 20.1 Å². The molecule has 0 aromatic heterocycles. The second-order valence-electron chi connectivity index (χ2n) is 4.61. The van der Waals surface area contributed by atoms with E-state index in [2.05, 4.69) is 36.9 Å². The summed E-state index contributed by atoms with van der Waals surface area (Å²) in [6.07, 6.45) is 1.00. The lowest BCUT2D eigenvalue weighted by molar-refractivity contribution is -0.117. The molecule has 0 aliphatic rings. The van der Waals surface area contributed by atoms with E-state index in [1.165, 1.54) is 16.7 Å². The predicted octanol–water partition coefficient (Wildman–Crippen LogP) is 2.37. The first-order valence-electron chi connectivity index (χ1n) is 5.73. The van der Waals surface area contributed by atoms with Gasteiger partial charge in [-0.2, -0.15) is 0 Å². The minimum Gasteiger partial charge on any atom is -0.299 e. The van der Waals surface area contributed by atoms with E-state index in [-0.39, 0.29) is 5.78 Å². The summed E-state index contributed by atoms with van der Waals surface area (Å²) >= 11 is 0. The Hall–Kier alpha value is -1.15. The monoisotopic (exact) mass is 219 g/mol. The normalized spacial score (nSPS) is 10.8. The summed E-state index contributed by atoms with van der Waals surface area (Å²) in [6.45, 7) is 7.37. The van der Waals surface area contributed by atoms with Crippen molar-refractivity contribution in [3.63, 3.8) is 0 Å². The first kappa shape index (κ1) is 12.9. The molecule has 0 spiro atoms. The Bertz CT molecular complexity index is 371. The molecular formula is C14H21NO. The van der Waals surface area contributed by atoms with Crippen LogP contribution in [0.4, 0.5) is 0 Å². The number of Topliss-reactive ketones (excluding diaryl/α,β-unsaturated/α-hetero) is 1. The molecule has 2 nitrogen and oxygen atoms in total. The van der Waals surface area contributed by atoms with Gasteiger partial charge in [0.2, 0.25) is 0 Å². The molecule has 0 radical (unpaired) electrons. The zero-order valence-electron chi connectivity index (χ0n) is 10.7. The van der Waals surface area contributed by atoms with Crippen LogP contribution < -0.4 is 0 Å². The Morgan fingerprint density at radius 2 is 1.94 bits per heavy atom.